The van der Waals surface area contributed by atoms with Crippen molar-refractivity contribution in [2.45, 2.75) is 51.1 Å². The lowest BCUT2D eigenvalue weighted by atomic mass is 9.71. The van der Waals surface area contributed by atoms with Gasteiger partial charge in [0.15, 0.2) is 0 Å². The summed E-state index contributed by atoms with van der Waals surface area (Å²) in [5, 5.41) is 3.27. The van der Waals surface area contributed by atoms with Crippen LogP contribution in [0.1, 0.15) is 75.6 Å². The molecule has 3 aliphatic rings. The van der Waals surface area contributed by atoms with Gasteiger partial charge in [0.2, 0.25) is 0 Å². The first-order valence-electron chi connectivity index (χ1n) is 15.5. The third-order valence-electron chi connectivity index (χ3n) is 9.92. The monoisotopic (exact) mass is 611 g/mol. The Labute approximate surface area is 261 Å². The summed E-state index contributed by atoms with van der Waals surface area (Å²) in [6.07, 6.45) is 9.31. The van der Waals surface area contributed by atoms with Crippen LogP contribution >= 0.6 is 11.6 Å². The summed E-state index contributed by atoms with van der Waals surface area (Å²) < 4.78 is 14.3. The number of carbonyl (C=O) groups excluding carboxylic acids is 2. The van der Waals surface area contributed by atoms with E-state index in [1.807, 2.05) is 23.1 Å². The summed E-state index contributed by atoms with van der Waals surface area (Å²) in [6, 6.07) is 15.9. The zero-order valence-corrected chi connectivity index (χ0v) is 25.3. The molecule has 9 heteroatoms. The first kappa shape index (κ1) is 28.9. The van der Waals surface area contributed by atoms with E-state index in [4.69, 9.17) is 11.6 Å². The van der Waals surface area contributed by atoms with Crippen molar-refractivity contribution < 1.29 is 14.0 Å². The molecule has 1 aliphatic carbocycles. The highest BCUT2D eigenvalue weighted by Gasteiger charge is 2.39. The number of nitrogens with one attached hydrogen (secondary N) is 1. The van der Waals surface area contributed by atoms with E-state index in [0.717, 1.165) is 87.0 Å². The molecule has 0 bridgehead atoms. The first-order valence-corrected chi connectivity index (χ1v) is 15.8. The molecule has 0 radical (unpaired) electrons. The second-order valence-electron chi connectivity index (χ2n) is 12.6. The SMILES string of the molecule is O=C(NC1CCc2ccc(C(=O)N3CCC4(CCN(Cc5ccc6nccnc6c5)CC4)CC3)cc21)c1cc(Cl)ccc1F. The highest BCUT2D eigenvalue weighted by atomic mass is 35.5. The van der Waals surface area contributed by atoms with Crippen LogP contribution in [0, 0.1) is 11.2 Å². The standard InChI is InChI=1S/C35H35ClFN5O2/c36-26-5-6-29(37)28(21-26)33(43)40-30-8-4-24-2-3-25(20-27(24)30)34(44)42-17-11-35(12-18-42)9-15-41(16-10-35)22-23-1-7-31-32(19-23)39-14-13-38-31/h1-3,5-7,13-14,19-21,30H,4,8-12,15-18,22H2,(H,40,43). The molecule has 3 heterocycles. The number of hydrogen-bond acceptors (Lipinski definition) is 5. The lowest BCUT2D eigenvalue weighted by Crippen LogP contribution is -2.48. The summed E-state index contributed by atoms with van der Waals surface area (Å²) in [5.41, 5.74) is 6.04. The van der Waals surface area contributed by atoms with Gasteiger partial charge in [0, 0.05) is 42.6 Å². The molecule has 226 valence electrons. The number of fused-ring (bicyclic) bond motifs is 2. The third kappa shape index (κ3) is 5.81. The smallest absolute Gasteiger partial charge is 0.254 e. The Morgan fingerprint density at radius 3 is 2.45 bits per heavy atom. The molecule has 1 aromatic heterocycles. The van der Waals surface area contributed by atoms with Gasteiger partial charge in [-0.2, -0.15) is 0 Å². The lowest BCUT2D eigenvalue weighted by molar-refractivity contribution is 0.0285. The molecule has 1 atom stereocenters. The van der Waals surface area contributed by atoms with Gasteiger partial charge >= 0.3 is 0 Å². The molecule has 4 aromatic rings. The minimum atomic E-state index is -0.608. The van der Waals surface area contributed by atoms with E-state index in [9.17, 15) is 14.0 Å². The summed E-state index contributed by atoms with van der Waals surface area (Å²) in [5.74, 6) is -1.07. The van der Waals surface area contributed by atoms with Gasteiger partial charge < -0.3 is 10.2 Å². The summed E-state index contributed by atoms with van der Waals surface area (Å²) in [7, 11) is 0. The summed E-state index contributed by atoms with van der Waals surface area (Å²) in [6.45, 7) is 4.55. The van der Waals surface area contributed by atoms with E-state index >= 15 is 0 Å². The van der Waals surface area contributed by atoms with Crippen LogP contribution in [0.2, 0.25) is 5.02 Å². The Bertz CT molecular complexity index is 1730. The Hall–Kier alpha value is -3.88. The Balaban J connectivity index is 0.947. The fourth-order valence-electron chi connectivity index (χ4n) is 7.21. The van der Waals surface area contributed by atoms with E-state index in [0.29, 0.717) is 22.4 Å². The van der Waals surface area contributed by atoms with E-state index in [2.05, 4.69) is 38.4 Å². The predicted molar refractivity (Wildman–Crippen MR) is 168 cm³/mol. The molecule has 7 rings (SSSR count). The van der Waals surface area contributed by atoms with Crippen LogP contribution < -0.4 is 5.32 Å². The minimum Gasteiger partial charge on any atom is -0.345 e. The average Bonchev–Trinajstić information content (AvgIpc) is 3.45. The minimum absolute atomic E-state index is 0.0392. The van der Waals surface area contributed by atoms with Crippen molar-refractivity contribution in [1.29, 1.82) is 0 Å². The molecule has 2 saturated heterocycles. The van der Waals surface area contributed by atoms with E-state index in [-0.39, 0.29) is 17.5 Å². The molecular weight excluding hydrogens is 577 g/mol. The van der Waals surface area contributed by atoms with Gasteiger partial charge in [-0.3, -0.25) is 24.5 Å². The van der Waals surface area contributed by atoms with Crippen LogP contribution in [0.4, 0.5) is 4.39 Å². The molecule has 44 heavy (non-hydrogen) atoms. The highest BCUT2D eigenvalue weighted by Crippen LogP contribution is 2.42. The van der Waals surface area contributed by atoms with Crippen LogP contribution in [0.5, 0.6) is 0 Å². The van der Waals surface area contributed by atoms with Crippen molar-refractivity contribution in [3.05, 3.63) is 106 Å². The van der Waals surface area contributed by atoms with Crippen molar-refractivity contribution >= 4 is 34.4 Å². The number of likely N-dealkylation sites (tertiary alicyclic amines) is 2. The van der Waals surface area contributed by atoms with Gasteiger partial charge in [-0.25, -0.2) is 4.39 Å². The summed E-state index contributed by atoms with van der Waals surface area (Å²) in [4.78, 5) is 39.8. The third-order valence-corrected chi connectivity index (χ3v) is 10.2. The number of carbonyl (C=O) groups is 2. The van der Waals surface area contributed by atoms with Crippen LogP contribution in [-0.2, 0) is 13.0 Å². The van der Waals surface area contributed by atoms with Crippen molar-refractivity contribution in [3.63, 3.8) is 0 Å². The zero-order chi connectivity index (χ0) is 30.3. The molecule has 3 aromatic carbocycles. The zero-order valence-electron chi connectivity index (χ0n) is 24.6. The van der Waals surface area contributed by atoms with Crippen LogP contribution in [0.3, 0.4) is 0 Å². The second kappa shape index (κ2) is 11.9. The number of nitrogens with zero attached hydrogens (tertiary/aromatic N) is 4. The van der Waals surface area contributed by atoms with Crippen LogP contribution in [0.15, 0.2) is 67.0 Å². The molecule has 0 saturated carbocycles. The number of rotatable bonds is 5. The van der Waals surface area contributed by atoms with E-state index in [1.165, 1.54) is 23.8 Å². The predicted octanol–water partition coefficient (Wildman–Crippen LogP) is 6.36. The van der Waals surface area contributed by atoms with Crippen LogP contribution in [-0.4, -0.2) is 57.8 Å². The molecular formula is C35H35ClFN5O2. The molecule has 1 unspecified atom stereocenters. The Kier molecular flexibility index (Phi) is 7.81. The lowest BCUT2D eigenvalue weighted by Gasteiger charge is -2.47. The Morgan fingerprint density at radius 2 is 1.66 bits per heavy atom. The van der Waals surface area contributed by atoms with Crippen molar-refractivity contribution in [1.82, 2.24) is 25.1 Å². The van der Waals surface area contributed by atoms with E-state index in [1.54, 1.807) is 12.4 Å². The van der Waals surface area contributed by atoms with Gasteiger partial charge in [0.1, 0.15) is 5.82 Å². The van der Waals surface area contributed by atoms with Gasteiger partial charge in [-0.1, -0.05) is 23.7 Å². The number of piperidine rings is 2. The number of amides is 2. The molecule has 7 nitrogen and oxygen atoms in total. The van der Waals surface area contributed by atoms with Crippen molar-refractivity contribution in [3.8, 4) is 0 Å². The maximum atomic E-state index is 14.3. The van der Waals surface area contributed by atoms with Crippen LogP contribution in [0.25, 0.3) is 11.0 Å². The maximum Gasteiger partial charge on any atom is 0.254 e. The molecule has 2 fully saturated rings. The molecule has 2 aliphatic heterocycles. The van der Waals surface area contributed by atoms with E-state index < -0.39 is 11.7 Å². The second-order valence-corrected chi connectivity index (χ2v) is 13.0. The Morgan fingerprint density at radius 1 is 0.909 bits per heavy atom. The fourth-order valence-corrected chi connectivity index (χ4v) is 7.38. The number of halogens is 2. The first-order chi connectivity index (χ1) is 21.4. The van der Waals surface area contributed by atoms with Gasteiger partial charge in [-0.05, 0) is 116 Å². The van der Waals surface area contributed by atoms with Gasteiger partial charge in [0.05, 0.1) is 22.6 Å². The average molecular weight is 612 g/mol. The topological polar surface area (TPSA) is 78.4 Å². The van der Waals surface area contributed by atoms with Gasteiger partial charge in [-0.15, -0.1) is 0 Å². The van der Waals surface area contributed by atoms with Gasteiger partial charge in [0.25, 0.3) is 11.8 Å². The number of benzene rings is 3. The quantitative estimate of drug-likeness (QED) is 0.284. The van der Waals surface area contributed by atoms with Crippen molar-refractivity contribution in [2.75, 3.05) is 26.2 Å². The fraction of sp³-hybridized carbons (Fsp3) is 0.371. The maximum absolute atomic E-state index is 14.3. The molecule has 1 N–H and O–H groups in total. The highest BCUT2D eigenvalue weighted by molar-refractivity contribution is 6.31. The summed E-state index contributed by atoms with van der Waals surface area (Å²) >= 11 is 5.99. The number of hydrogen-bond donors (Lipinski definition) is 1. The number of aryl methyl sites for hydroxylation is 1. The largest absolute Gasteiger partial charge is 0.345 e. The normalized spacial score (nSPS) is 19.7. The molecule has 1 spiro atoms. The molecule has 2 amide bonds. The van der Waals surface area contributed by atoms with Crippen molar-refractivity contribution in [2.24, 2.45) is 5.41 Å². The number of aromatic nitrogens is 2.